The number of carbonyl (C=O) groups excluding carboxylic acids is 4. The molecule has 0 aliphatic carbocycles. The summed E-state index contributed by atoms with van der Waals surface area (Å²) >= 11 is 0. The first-order valence-electron chi connectivity index (χ1n) is 10.5. The molecule has 0 unspecified atom stereocenters. The third kappa shape index (κ3) is 5.58. The lowest BCUT2D eigenvalue weighted by Gasteiger charge is -2.31. The van der Waals surface area contributed by atoms with Crippen LogP contribution in [0, 0.1) is 5.92 Å². The molecule has 2 aliphatic heterocycles. The summed E-state index contributed by atoms with van der Waals surface area (Å²) in [4.78, 5) is 51.7. The van der Waals surface area contributed by atoms with Crippen molar-refractivity contribution in [1.29, 1.82) is 0 Å². The highest BCUT2D eigenvalue weighted by atomic mass is 16.5. The van der Waals surface area contributed by atoms with Crippen molar-refractivity contribution in [2.75, 3.05) is 26.7 Å². The van der Waals surface area contributed by atoms with Gasteiger partial charge in [0.25, 0.3) is 5.91 Å². The van der Waals surface area contributed by atoms with Crippen LogP contribution >= 0.6 is 0 Å². The molecule has 2 saturated heterocycles. The zero-order valence-corrected chi connectivity index (χ0v) is 17.3. The van der Waals surface area contributed by atoms with Gasteiger partial charge in [-0.1, -0.05) is 30.3 Å². The van der Waals surface area contributed by atoms with Gasteiger partial charge in [0.2, 0.25) is 5.91 Å². The summed E-state index contributed by atoms with van der Waals surface area (Å²) in [6.07, 6.45) is 3.05. The third-order valence-electron chi connectivity index (χ3n) is 5.87. The summed E-state index contributed by atoms with van der Waals surface area (Å²) < 4.78 is 4.70. The molecule has 8 nitrogen and oxygen atoms in total. The maximum Gasteiger partial charge on any atom is 0.324 e. The van der Waals surface area contributed by atoms with Crippen LogP contribution in [0.15, 0.2) is 30.3 Å². The van der Waals surface area contributed by atoms with Crippen molar-refractivity contribution in [2.24, 2.45) is 5.92 Å². The molecule has 2 aliphatic rings. The van der Waals surface area contributed by atoms with Crippen LogP contribution in [0.5, 0.6) is 0 Å². The SMILES string of the molecule is COC(=O)CC1CCN(C(=O)CC[C@@H]2NC(=O)N(CCc3ccccc3)C2=O)CC1. The van der Waals surface area contributed by atoms with Crippen LogP contribution in [-0.2, 0) is 25.5 Å². The van der Waals surface area contributed by atoms with Crippen molar-refractivity contribution in [1.82, 2.24) is 15.1 Å². The van der Waals surface area contributed by atoms with Crippen LogP contribution < -0.4 is 5.32 Å². The van der Waals surface area contributed by atoms with Crippen molar-refractivity contribution in [3.63, 3.8) is 0 Å². The normalized spacial score (nSPS) is 19.7. The van der Waals surface area contributed by atoms with E-state index in [1.807, 2.05) is 30.3 Å². The summed E-state index contributed by atoms with van der Waals surface area (Å²) in [5, 5.41) is 2.70. The highest BCUT2D eigenvalue weighted by molar-refractivity contribution is 6.04. The molecule has 0 spiro atoms. The molecule has 3 rings (SSSR count). The minimum atomic E-state index is -0.644. The molecule has 0 bridgehead atoms. The molecule has 0 aromatic heterocycles. The molecular weight excluding hydrogens is 386 g/mol. The van der Waals surface area contributed by atoms with Gasteiger partial charge in [-0.3, -0.25) is 19.3 Å². The average molecular weight is 415 g/mol. The molecule has 2 heterocycles. The van der Waals surface area contributed by atoms with Gasteiger partial charge >= 0.3 is 12.0 Å². The summed E-state index contributed by atoms with van der Waals surface area (Å²) in [5.41, 5.74) is 1.06. The third-order valence-corrected chi connectivity index (χ3v) is 5.87. The lowest BCUT2D eigenvalue weighted by Crippen LogP contribution is -2.40. The van der Waals surface area contributed by atoms with Crippen molar-refractivity contribution >= 4 is 23.8 Å². The number of imide groups is 1. The van der Waals surface area contributed by atoms with Gasteiger partial charge in [0, 0.05) is 32.5 Å². The molecule has 0 radical (unpaired) electrons. The molecule has 0 saturated carbocycles. The minimum absolute atomic E-state index is 0.0173. The number of rotatable bonds is 8. The second-order valence-corrected chi connectivity index (χ2v) is 7.87. The number of amides is 4. The van der Waals surface area contributed by atoms with E-state index in [4.69, 9.17) is 4.74 Å². The Morgan fingerprint density at radius 1 is 1.13 bits per heavy atom. The topological polar surface area (TPSA) is 96.0 Å². The van der Waals surface area contributed by atoms with E-state index in [2.05, 4.69) is 5.32 Å². The number of piperidine rings is 1. The number of urea groups is 1. The highest BCUT2D eigenvalue weighted by Crippen LogP contribution is 2.22. The van der Waals surface area contributed by atoms with Gasteiger partial charge in [0.1, 0.15) is 6.04 Å². The Kier molecular flexibility index (Phi) is 7.43. The molecule has 1 atom stereocenters. The van der Waals surface area contributed by atoms with E-state index in [-0.39, 0.29) is 30.1 Å². The Bertz CT molecular complexity index is 774. The first-order valence-corrected chi connectivity index (χ1v) is 10.5. The maximum absolute atomic E-state index is 12.6. The molecule has 1 aromatic rings. The zero-order valence-electron chi connectivity index (χ0n) is 17.3. The zero-order chi connectivity index (χ0) is 21.5. The Morgan fingerprint density at radius 3 is 2.50 bits per heavy atom. The van der Waals surface area contributed by atoms with E-state index < -0.39 is 12.1 Å². The van der Waals surface area contributed by atoms with Crippen molar-refractivity contribution in [3.8, 4) is 0 Å². The van der Waals surface area contributed by atoms with Gasteiger partial charge in [0.15, 0.2) is 0 Å². The molecule has 8 heteroatoms. The monoisotopic (exact) mass is 415 g/mol. The Morgan fingerprint density at radius 2 is 1.83 bits per heavy atom. The van der Waals surface area contributed by atoms with Crippen LogP contribution in [0.4, 0.5) is 4.79 Å². The largest absolute Gasteiger partial charge is 0.469 e. The lowest BCUT2D eigenvalue weighted by atomic mass is 9.93. The molecule has 4 amide bonds. The summed E-state index contributed by atoms with van der Waals surface area (Å²) in [6.45, 7) is 1.54. The number of likely N-dealkylation sites (tertiary alicyclic amines) is 1. The molecular formula is C22H29N3O5. The molecule has 30 heavy (non-hydrogen) atoms. The number of esters is 1. The van der Waals surface area contributed by atoms with E-state index >= 15 is 0 Å². The van der Waals surface area contributed by atoms with Gasteiger partial charge in [-0.05, 0) is 37.2 Å². The number of ether oxygens (including phenoxy) is 1. The summed E-state index contributed by atoms with van der Waals surface area (Å²) in [6, 6.07) is 8.66. The predicted octanol–water partition coefficient (Wildman–Crippen LogP) is 1.73. The fourth-order valence-corrected chi connectivity index (χ4v) is 4.00. The standard InChI is InChI=1S/C22H29N3O5/c1-30-20(27)15-17-9-12-24(13-10-17)19(26)8-7-18-21(28)25(22(29)23-18)14-11-16-5-3-2-4-6-16/h2-6,17-18H,7-15H2,1H3,(H,23,29)/t18-/m0/s1. The van der Waals surface area contributed by atoms with E-state index in [0.29, 0.717) is 38.9 Å². The second kappa shape index (κ2) is 10.2. The lowest BCUT2D eigenvalue weighted by molar-refractivity contribution is -0.142. The highest BCUT2D eigenvalue weighted by Gasteiger charge is 2.38. The van der Waals surface area contributed by atoms with Crippen LogP contribution in [0.25, 0.3) is 0 Å². The maximum atomic E-state index is 12.6. The number of benzene rings is 1. The Hall–Kier alpha value is -2.90. The molecule has 1 N–H and O–H groups in total. The molecule has 162 valence electrons. The van der Waals surface area contributed by atoms with Gasteiger partial charge in [-0.2, -0.15) is 0 Å². The second-order valence-electron chi connectivity index (χ2n) is 7.87. The van der Waals surface area contributed by atoms with Crippen LogP contribution in [0.3, 0.4) is 0 Å². The van der Waals surface area contributed by atoms with Gasteiger partial charge < -0.3 is 15.0 Å². The van der Waals surface area contributed by atoms with Crippen LogP contribution in [-0.4, -0.2) is 66.4 Å². The summed E-state index contributed by atoms with van der Waals surface area (Å²) in [5.74, 6) is -0.251. The van der Waals surface area contributed by atoms with Crippen LogP contribution in [0.2, 0.25) is 0 Å². The van der Waals surface area contributed by atoms with Crippen molar-refractivity contribution in [2.45, 2.75) is 44.6 Å². The quantitative estimate of drug-likeness (QED) is 0.515. The molecule has 1 aromatic carbocycles. The number of carbonyl (C=O) groups is 4. The fourth-order valence-electron chi connectivity index (χ4n) is 4.00. The van der Waals surface area contributed by atoms with E-state index in [0.717, 1.165) is 18.4 Å². The predicted molar refractivity (Wildman–Crippen MR) is 109 cm³/mol. The average Bonchev–Trinajstić information content (AvgIpc) is 3.04. The van der Waals surface area contributed by atoms with E-state index in [1.54, 1.807) is 4.90 Å². The number of methoxy groups -OCH3 is 1. The van der Waals surface area contributed by atoms with Gasteiger partial charge in [-0.25, -0.2) is 4.79 Å². The van der Waals surface area contributed by atoms with Gasteiger partial charge in [-0.15, -0.1) is 0 Å². The van der Waals surface area contributed by atoms with E-state index in [1.165, 1.54) is 12.0 Å². The Labute approximate surface area is 176 Å². The smallest absolute Gasteiger partial charge is 0.324 e. The number of nitrogens with one attached hydrogen (secondary N) is 1. The van der Waals surface area contributed by atoms with Crippen molar-refractivity contribution in [3.05, 3.63) is 35.9 Å². The van der Waals surface area contributed by atoms with Crippen molar-refractivity contribution < 1.29 is 23.9 Å². The number of nitrogens with zero attached hydrogens (tertiary/aromatic N) is 2. The molecule has 2 fully saturated rings. The first kappa shape index (κ1) is 21.8. The van der Waals surface area contributed by atoms with E-state index in [9.17, 15) is 19.2 Å². The summed E-state index contributed by atoms with van der Waals surface area (Å²) in [7, 11) is 1.38. The minimum Gasteiger partial charge on any atom is -0.469 e. The van der Waals surface area contributed by atoms with Crippen LogP contribution in [0.1, 0.15) is 37.7 Å². The van der Waals surface area contributed by atoms with Gasteiger partial charge in [0.05, 0.1) is 7.11 Å². The first-order chi connectivity index (χ1) is 14.5. The number of hydrogen-bond acceptors (Lipinski definition) is 5. The number of hydrogen-bond donors (Lipinski definition) is 1. The Balaban J connectivity index is 1.41. The fraction of sp³-hybridized carbons (Fsp3) is 0.545.